The van der Waals surface area contributed by atoms with E-state index in [1.54, 1.807) is 0 Å². The molecule has 1 unspecified atom stereocenters. The minimum absolute atomic E-state index is 0.0318. The van der Waals surface area contributed by atoms with Crippen molar-refractivity contribution in [1.29, 1.82) is 0 Å². The Morgan fingerprint density at radius 1 is 1.27 bits per heavy atom. The number of nitrogens with one attached hydrogen (secondary N) is 1. The minimum Gasteiger partial charge on any atom is -0.484 e. The Hall–Kier alpha value is -2.07. The lowest BCUT2D eigenvalue weighted by Crippen LogP contribution is -2.31. The van der Waals surface area contributed by atoms with Crippen molar-refractivity contribution in [3.63, 3.8) is 0 Å². The molecular weight excluding hydrogens is 305 g/mol. The second-order valence-electron chi connectivity index (χ2n) is 4.98. The molecule has 0 aliphatic carbocycles. The van der Waals surface area contributed by atoms with Crippen molar-refractivity contribution in [3.8, 4) is 5.75 Å². The zero-order chi connectivity index (χ0) is 15.9. The molecule has 0 spiro atoms. The highest BCUT2D eigenvalue weighted by Gasteiger charge is 2.09. The molecule has 0 aromatic heterocycles. The number of rotatable bonds is 6. The number of benzene rings is 2. The molecule has 0 aliphatic rings. The van der Waals surface area contributed by atoms with Crippen LogP contribution >= 0.6 is 11.6 Å². The van der Waals surface area contributed by atoms with E-state index >= 15 is 0 Å². The molecule has 1 atom stereocenters. The van der Waals surface area contributed by atoms with Gasteiger partial charge < -0.3 is 10.1 Å². The van der Waals surface area contributed by atoms with Crippen molar-refractivity contribution in [2.75, 3.05) is 13.2 Å². The van der Waals surface area contributed by atoms with Crippen LogP contribution in [0.25, 0.3) is 0 Å². The average Bonchev–Trinajstić information content (AvgIpc) is 2.54. The number of hydrogen-bond donors (Lipinski definition) is 1. The molecule has 5 heteroatoms. The van der Waals surface area contributed by atoms with Gasteiger partial charge in [-0.3, -0.25) is 4.79 Å². The van der Waals surface area contributed by atoms with Gasteiger partial charge >= 0.3 is 0 Å². The number of hydrogen-bond acceptors (Lipinski definition) is 2. The number of halogens is 2. The highest BCUT2D eigenvalue weighted by molar-refractivity contribution is 6.30. The van der Waals surface area contributed by atoms with E-state index in [-0.39, 0.29) is 23.5 Å². The third kappa shape index (κ3) is 4.74. The van der Waals surface area contributed by atoms with Crippen molar-refractivity contribution in [3.05, 3.63) is 64.9 Å². The first-order valence-corrected chi connectivity index (χ1v) is 7.33. The zero-order valence-corrected chi connectivity index (χ0v) is 12.9. The van der Waals surface area contributed by atoms with Gasteiger partial charge in [0.05, 0.1) is 5.02 Å². The lowest BCUT2D eigenvalue weighted by Gasteiger charge is -2.13. The Morgan fingerprint density at radius 2 is 2.00 bits per heavy atom. The van der Waals surface area contributed by atoms with Crippen LogP contribution in [-0.2, 0) is 4.79 Å². The summed E-state index contributed by atoms with van der Waals surface area (Å²) in [6, 6.07) is 13.9. The van der Waals surface area contributed by atoms with Gasteiger partial charge in [-0.05, 0) is 23.6 Å². The summed E-state index contributed by atoms with van der Waals surface area (Å²) in [5.41, 5.74) is 1.16. The van der Waals surface area contributed by atoms with E-state index in [4.69, 9.17) is 16.3 Å². The highest BCUT2D eigenvalue weighted by Crippen LogP contribution is 2.21. The highest BCUT2D eigenvalue weighted by atomic mass is 35.5. The van der Waals surface area contributed by atoms with Gasteiger partial charge in [-0.1, -0.05) is 48.9 Å². The summed E-state index contributed by atoms with van der Waals surface area (Å²) in [7, 11) is 0. The molecule has 0 aliphatic heterocycles. The molecule has 3 nitrogen and oxygen atoms in total. The maximum absolute atomic E-state index is 13.0. The van der Waals surface area contributed by atoms with E-state index in [1.165, 1.54) is 18.2 Å². The van der Waals surface area contributed by atoms with Gasteiger partial charge in [0.25, 0.3) is 5.91 Å². The van der Waals surface area contributed by atoms with E-state index < -0.39 is 5.82 Å². The van der Waals surface area contributed by atoms with Crippen LogP contribution in [0.15, 0.2) is 48.5 Å². The SMILES string of the molecule is CC(CNC(=O)COc1ccc(F)c(Cl)c1)c1ccccc1. The fourth-order valence-corrected chi connectivity index (χ4v) is 2.10. The Kier molecular flexibility index (Phi) is 5.78. The van der Waals surface area contributed by atoms with Crippen LogP contribution in [0.5, 0.6) is 5.75 Å². The van der Waals surface area contributed by atoms with Gasteiger partial charge in [-0.25, -0.2) is 4.39 Å². The van der Waals surface area contributed by atoms with Gasteiger partial charge in [-0.2, -0.15) is 0 Å². The first kappa shape index (κ1) is 16.3. The monoisotopic (exact) mass is 321 g/mol. The second kappa shape index (κ2) is 7.80. The van der Waals surface area contributed by atoms with Crippen LogP contribution in [0, 0.1) is 5.82 Å². The van der Waals surface area contributed by atoms with Crippen molar-refractivity contribution in [1.82, 2.24) is 5.32 Å². The number of carbonyl (C=O) groups is 1. The number of carbonyl (C=O) groups excluding carboxylic acids is 1. The third-order valence-electron chi connectivity index (χ3n) is 3.24. The van der Waals surface area contributed by atoms with Crippen molar-refractivity contribution in [2.24, 2.45) is 0 Å². The van der Waals surface area contributed by atoms with Crippen molar-refractivity contribution >= 4 is 17.5 Å². The molecule has 116 valence electrons. The van der Waals surface area contributed by atoms with Crippen molar-refractivity contribution < 1.29 is 13.9 Å². The molecule has 2 aromatic rings. The van der Waals surface area contributed by atoms with Crippen LogP contribution < -0.4 is 10.1 Å². The van der Waals surface area contributed by atoms with E-state index in [1.807, 2.05) is 37.3 Å². The Labute approximate surface area is 134 Å². The van der Waals surface area contributed by atoms with Gasteiger partial charge in [0.2, 0.25) is 0 Å². The Bertz CT molecular complexity index is 634. The third-order valence-corrected chi connectivity index (χ3v) is 3.52. The molecule has 22 heavy (non-hydrogen) atoms. The van der Waals surface area contributed by atoms with Gasteiger partial charge in [0.1, 0.15) is 11.6 Å². The summed E-state index contributed by atoms with van der Waals surface area (Å²) in [5, 5.41) is 2.77. The molecule has 0 bridgehead atoms. The van der Waals surface area contributed by atoms with Crippen LogP contribution in [0.4, 0.5) is 4.39 Å². The number of amides is 1. The fourth-order valence-electron chi connectivity index (χ4n) is 1.93. The minimum atomic E-state index is -0.518. The van der Waals surface area contributed by atoms with E-state index in [9.17, 15) is 9.18 Å². The lowest BCUT2D eigenvalue weighted by atomic mass is 10.0. The second-order valence-corrected chi connectivity index (χ2v) is 5.39. The van der Waals surface area contributed by atoms with Crippen LogP contribution in [0.2, 0.25) is 5.02 Å². The summed E-state index contributed by atoms with van der Waals surface area (Å²) in [6.07, 6.45) is 0. The fraction of sp³-hybridized carbons (Fsp3) is 0.235. The van der Waals surface area contributed by atoms with Crippen molar-refractivity contribution in [2.45, 2.75) is 12.8 Å². The summed E-state index contributed by atoms with van der Waals surface area (Å²) in [4.78, 5) is 11.8. The van der Waals surface area contributed by atoms with Crippen LogP contribution in [0.3, 0.4) is 0 Å². The molecule has 2 aromatic carbocycles. The maximum Gasteiger partial charge on any atom is 0.257 e. The average molecular weight is 322 g/mol. The first-order chi connectivity index (χ1) is 10.6. The van der Waals surface area contributed by atoms with Gasteiger partial charge in [0, 0.05) is 12.6 Å². The summed E-state index contributed by atoms with van der Waals surface area (Å²) in [6.45, 7) is 2.43. The summed E-state index contributed by atoms with van der Waals surface area (Å²) in [5.74, 6) is -0.179. The Morgan fingerprint density at radius 3 is 2.68 bits per heavy atom. The topological polar surface area (TPSA) is 38.3 Å². The Balaban J connectivity index is 1.77. The predicted octanol–water partition coefficient (Wildman–Crippen LogP) is 3.78. The molecule has 0 saturated heterocycles. The van der Waals surface area contributed by atoms with Crippen LogP contribution in [-0.4, -0.2) is 19.1 Å². The molecule has 1 amide bonds. The van der Waals surface area contributed by atoms with Gasteiger partial charge in [0.15, 0.2) is 6.61 Å². The predicted molar refractivity (Wildman–Crippen MR) is 84.8 cm³/mol. The molecule has 1 N–H and O–H groups in total. The molecule has 0 heterocycles. The summed E-state index contributed by atoms with van der Waals surface area (Å²) < 4.78 is 18.3. The zero-order valence-electron chi connectivity index (χ0n) is 12.2. The maximum atomic E-state index is 13.0. The smallest absolute Gasteiger partial charge is 0.257 e. The van der Waals surface area contributed by atoms with E-state index in [2.05, 4.69) is 5.32 Å². The molecular formula is C17H17ClFNO2. The molecule has 0 saturated carbocycles. The normalized spacial score (nSPS) is 11.8. The molecule has 2 rings (SSSR count). The first-order valence-electron chi connectivity index (χ1n) is 6.95. The largest absolute Gasteiger partial charge is 0.484 e. The van der Waals surface area contributed by atoms with E-state index in [0.29, 0.717) is 12.3 Å². The quantitative estimate of drug-likeness (QED) is 0.879. The van der Waals surface area contributed by atoms with E-state index in [0.717, 1.165) is 5.56 Å². The standard InChI is InChI=1S/C17H17ClFNO2/c1-12(13-5-3-2-4-6-13)10-20-17(21)11-22-14-7-8-16(19)15(18)9-14/h2-9,12H,10-11H2,1H3,(H,20,21). The molecule has 0 fully saturated rings. The van der Waals surface area contributed by atoms with Crippen LogP contribution in [0.1, 0.15) is 18.4 Å². The number of ether oxygens (including phenoxy) is 1. The summed E-state index contributed by atoms with van der Waals surface area (Å²) >= 11 is 5.64. The van der Waals surface area contributed by atoms with Gasteiger partial charge in [-0.15, -0.1) is 0 Å². The lowest BCUT2D eigenvalue weighted by molar-refractivity contribution is -0.123. The molecule has 0 radical (unpaired) electrons.